The van der Waals surface area contributed by atoms with Gasteiger partial charge in [0.1, 0.15) is 5.82 Å². The molecular formula is C17H21FN2O2. The lowest BCUT2D eigenvalue weighted by atomic mass is 9.77. The predicted octanol–water partition coefficient (Wildman–Crippen LogP) is 1.84. The summed E-state index contributed by atoms with van der Waals surface area (Å²) in [5.41, 5.74) is 0.766. The SMILES string of the molecule is CN1CC2(CCN(C(=O)Cc3cccc(F)c3)CC2)CC1=O. The van der Waals surface area contributed by atoms with E-state index in [1.54, 1.807) is 17.0 Å². The van der Waals surface area contributed by atoms with Crippen molar-refractivity contribution in [2.45, 2.75) is 25.7 Å². The van der Waals surface area contributed by atoms with Gasteiger partial charge in [-0.05, 0) is 30.5 Å². The maximum Gasteiger partial charge on any atom is 0.226 e. The summed E-state index contributed by atoms with van der Waals surface area (Å²) < 4.78 is 13.2. The Morgan fingerprint density at radius 3 is 2.64 bits per heavy atom. The van der Waals surface area contributed by atoms with Crippen molar-refractivity contribution in [3.63, 3.8) is 0 Å². The predicted molar refractivity (Wildman–Crippen MR) is 80.6 cm³/mol. The zero-order chi connectivity index (χ0) is 15.7. The summed E-state index contributed by atoms with van der Waals surface area (Å²) in [5.74, 6) is -0.0620. The molecule has 118 valence electrons. The van der Waals surface area contributed by atoms with E-state index in [1.165, 1.54) is 12.1 Å². The van der Waals surface area contributed by atoms with Crippen molar-refractivity contribution in [3.05, 3.63) is 35.6 Å². The molecule has 0 aromatic heterocycles. The lowest BCUT2D eigenvalue weighted by Gasteiger charge is -2.38. The van der Waals surface area contributed by atoms with E-state index in [-0.39, 0.29) is 29.5 Å². The first kappa shape index (κ1) is 15.0. The van der Waals surface area contributed by atoms with Crippen LogP contribution < -0.4 is 0 Å². The van der Waals surface area contributed by atoms with E-state index >= 15 is 0 Å². The largest absolute Gasteiger partial charge is 0.345 e. The molecule has 1 aromatic carbocycles. The fraction of sp³-hybridized carbons (Fsp3) is 0.529. The van der Waals surface area contributed by atoms with Crippen LogP contribution in [0.3, 0.4) is 0 Å². The van der Waals surface area contributed by atoms with Crippen LogP contribution in [0.5, 0.6) is 0 Å². The molecule has 2 aliphatic heterocycles. The van der Waals surface area contributed by atoms with Crippen LogP contribution in [0, 0.1) is 11.2 Å². The van der Waals surface area contributed by atoms with Gasteiger partial charge in [-0.3, -0.25) is 9.59 Å². The van der Waals surface area contributed by atoms with Gasteiger partial charge in [0.25, 0.3) is 0 Å². The summed E-state index contributed by atoms with van der Waals surface area (Å²) in [6.07, 6.45) is 2.59. The maximum absolute atomic E-state index is 13.2. The highest BCUT2D eigenvalue weighted by Gasteiger charge is 2.44. The van der Waals surface area contributed by atoms with Gasteiger partial charge in [0.2, 0.25) is 11.8 Å². The van der Waals surface area contributed by atoms with Gasteiger partial charge >= 0.3 is 0 Å². The van der Waals surface area contributed by atoms with Crippen molar-refractivity contribution < 1.29 is 14.0 Å². The number of amides is 2. The minimum Gasteiger partial charge on any atom is -0.345 e. The van der Waals surface area contributed by atoms with Gasteiger partial charge in [0.15, 0.2) is 0 Å². The van der Waals surface area contributed by atoms with Gasteiger partial charge in [-0.25, -0.2) is 4.39 Å². The summed E-state index contributed by atoms with van der Waals surface area (Å²) >= 11 is 0. The third-order valence-electron chi connectivity index (χ3n) is 4.95. The molecule has 2 fully saturated rings. The van der Waals surface area contributed by atoms with Crippen molar-refractivity contribution >= 4 is 11.8 Å². The minimum absolute atomic E-state index is 0.0399. The van der Waals surface area contributed by atoms with E-state index in [1.807, 2.05) is 11.9 Å². The summed E-state index contributed by atoms with van der Waals surface area (Å²) in [4.78, 5) is 27.7. The smallest absolute Gasteiger partial charge is 0.226 e. The Morgan fingerprint density at radius 1 is 1.32 bits per heavy atom. The molecule has 1 spiro atoms. The van der Waals surface area contributed by atoms with Crippen molar-refractivity contribution in [3.8, 4) is 0 Å². The van der Waals surface area contributed by atoms with Crippen LogP contribution in [0.4, 0.5) is 4.39 Å². The lowest BCUT2D eigenvalue weighted by molar-refractivity contribution is -0.132. The molecule has 2 aliphatic rings. The van der Waals surface area contributed by atoms with E-state index in [2.05, 4.69) is 0 Å². The van der Waals surface area contributed by atoms with Crippen LogP contribution >= 0.6 is 0 Å². The highest BCUT2D eigenvalue weighted by molar-refractivity contribution is 5.80. The number of piperidine rings is 1. The molecule has 2 amide bonds. The number of likely N-dealkylation sites (tertiary alicyclic amines) is 2. The molecule has 0 unspecified atom stereocenters. The zero-order valence-corrected chi connectivity index (χ0v) is 12.8. The van der Waals surface area contributed by atoms with Crippen LogP contribution in [0.1, 0.15) is 24.8 Å². The number of carbonyl (C=O) groups excluding carboxylic acids is 2. The number of rotatable bonds is 2. The van der Waals surface area contributed by atoms with Gasteiger partial charge in [0, 0.05) is 38.5 Å². The summed E-state index contributed by atoms with van der Waals surface area (Å²) in [5, 5.41) is 0. The Kier molecular flexibility index (Phi) is 3.89. The Balaban J connectivity index is 1.57. The molecule has 0 atom stereocenters. The Bertz CT molecular complexity index is 594. The monoisotopic (exact) mass is 304 g/mol. The molecule has 0 radical (unpaired) electrons. The molecule has 2 saturated heterocycles. The standard InChI is InChI=1S/C17H21FN2O2/c1-19-12-17(11-16(19)22)5-7-20(8-6-17)15(21)10-13-3-2-4-14(18)9-13/h2-4,9H,5-8,10-12H2,1H3. The average Bonchev–Trinajstić information content (AvgIpc) is 2.74. The Labute approximate surface area is 129 Å². The van der Waals surface area contributed by atoms with Crippen molar-refractivity contribution in [2.24, 2.45) is 5.41 Å². The normalized spacial score (nSPS) is 20.7. The molecule has 3 rings (SSSR count). The maximum atomic E-state index is 13.2. The molecular weight excluding hydrogens is 283 g/mol. The van der Waals surface area contributed by atoms with Crippen molar-refractivity contribution in [1.82, 2.24) is 9.80 Å². The number of carbonyl (C=O) groups is 2. The average molecular weight is 304 g/mol. The van der Waals surface area contributed by atoms with E-state index in [0.717, 1.165) is 19.4 Å². The first-order chi connectivity index (χ1) is 10.5. The van der Waals surface area contributed by atoms with Gasteiger partial charge < -0.3 is 9.80 Å². The van der Waals surface area contributed by atoms with E-state index in [4.69, 9.17) is 0 Å². The molecule has 2 heterocycles. The molecule has 4 nitrogen and oxygen atoms in total. The highest BCUT2D eigenvalue weighted by Crippen LogP contribution is 2.40. The van der Waals surface area contributed by atoms with E-state index < -0.39 is 0 Å². The van der Waals surface area contributed by atoms with Gasteiger partial charge in [-0.15, -0.1) is 0 Å². The molecule has 0 bridgehead atoms. The minimum atomic E-state index is -0.310. The van der Waals surface area contributed by atoms with Crippen molar-refractivity contribution in [2.75, 3.05) is 26.7 Å². The number of hydrogen-bond donors (Lipinski definition) is 0. The molecule has 0 N–H and O–H groups in total. The van der Waals surface area contributed by atoms with Crippen LogP contribution in [0.2, 0.25) is 0 Å². The fourth-order valence-electron chi connectivity index (χ4n) is 3.60. The summed E-state index contributed by atoms with van der Waals surface area (Å²) in [6.45, 7) is 2.18. The number of benzene rings is 1. The summed E-state index contributed by atoms with van der Waals surface area (Å²) in [7, 11) is 1.85. The Hall–Kier alpha value is -1.91. The van der Waals surface area contributed by atoms with Crippen LogP contribution in [-0.2, 0) is 16.0 Å². The zero-order valence-electron chi connectivity index (χ0n) is 12.8. The second-order valence-electron chi connectivity index (χ2n) is 6.61. The second-order valence-corrected chi connectivity index (χ2v) is 6.61. The molecule has 1 aromatic rings. The van der Waals surface area contributed by atoms with Gasteiger partial charge in [-0.1, -0.05) is 12.1 Å². The number of nitrogens with zero attached hydrogens (tertiary/aromatic N) is 2. The topological polar surface area (TPSA) is 40.6 Å². The first-order valence-electron chi connectivity index (χ1n) is 7.74. The second kappa shape index (κ2) is 5.71. The summed E-state index contributed by atoms with van der Waals surface area (Å²) in [6, 6.07) is 6.19. The van der Waals surface area contributed by atoms with Crippen LogP contribution in [0.15, 0.2) is 24.3 Å². The Morgan fingerprint density at radius 2 is 2.05 bits per heavy atom. The van der Waals surface area contributed by atoms with Gasteiger partial charge in [0.05, 0.1) is 6.42 Å². The van der Waals surface area contributed by atoms with E-state index in [9.17, 15) is 14.0 Å². The van der Waals surface area contributed by atoms with Gasteiger partial charge in [-0.2, -0.15) is 0 Å². The third-order valence-corrected chi connectivity index (χ3v) is 4.95. The quantitative estimate of drug-likeness (QED) is 0.836. The number of hydrogen-bond acceptors (Lipinski definition) is 2. The molecule has 0 saturated carbocycles. The number of halogens is 1. The first-order valence-corrected chi connectivity index (χ1v) is 7.74. The van der Waals surface area contributed by atoms with Crippen LogP contribution in [-0.4, -0.2) is 48.3 Å². The van der Waals surface area contributed by atoms with Crippen LogP contribution in [0.25, 0.3) is 0 Å². The van der Waals surface area contributed by atoms with Crippen molar-refractivity contribution in [1.29, 1.82) is 0 Å². The molecule has 5 heteroatoms. The fourth-order valence-corrected chi connectivity index (χ4v) is 3.60. The lowest BCUT2D eigenvalue weighted by Crippen LogP contribution is -2.44. The third kappa shape index (κ3) is 2.98. The molecule has 0 aliphatic carbocycles. The van der Waals surface area contributed by atoms with E-state index in [0.29, 0.717) is 25.1 Å². The highest BCUT2D eigenvalue weighted by atomic mass is 19.1. The molecule has 22 heavy (non-hydrogen) atoms.